The summed E-state index contributed by atoms with van der Waals surface area (Å²) < 4.78 is 7.41. The fraction of sp³-hybridized carbons (Fsp3) is 0.421. The number of aromatic nitrogens is 2. The molecule has 0 saturated heterocycles. The molecule has 0 radical (unpaired) electrons. The Labute approximate surface area is 155 Å². The summed E-state index contributed by atoms with van der Waals surface area (Å²) in [5.41, 5.74) is 0.959. The SMILES string of the molecule is C[Si](C)(C)CCOCn1ccnc1C(O)CC(=O)c1ccc(C#N)cc1. The van der Waals surface area contributed by atoms with Crippen LogP contribution in [-0.2, 0) is 11.5 Å². The predicted molar refractivity (Wildman–Crippen MR) is 101 cm³/mol. The van der Waals surface area contributed by atoms with Gasteiger partial charge in [-0.15, -0.1) is 0 Å². The lowest BCUT2D eigenvalue weighted by Crippen LogP contribution is -2.22. The van der Waals surface area contributed by atoms with Gasteiger partial charge in [-0.05, 0) is 18.2 Å². The van der Waals surface area contributed by atoms with Gasteiger partial charge >= 0.3 is 0 Å². The zero-order chi connectivity index (χ0) is 19.2. The zero-order valence-electron chi connectivity index (χ0n) is 15.5. The van der Waals surface area contributed by atoms with E-state index < -0.39 is 14.2 Å². The van der Waals surface area contributed by atoms with E-state index in [0.717, 1.165) is 6.04 Å². The first-order chi connectivity index (χ1) is 12.3. The van der Waals surface area contributed by atoms with E-state index >= 15 is 0 Å². The minimum absolute atomic E-state index is 0.0716. The summed E-state index contributed by atoms with van der Waals surface area (Å²) in [5.74, 6) is 0.219. The number of aliphatic hydroxyl groups excluding tert-OH is 1. The molecule has 7 heteroatoms. The molecule has 1 aromatic heterocycles. The molecule has 0 fully saturated rings. The molecule has 0 amide bonds. The van der Waals surface area contributed by atoms with Crippen LogP contribution < -0.4 is 0 Å². The topological polar surface area (TPSA) is 88.1 Å². The second kappa shape index (κ2) is 8.90. The second-order valence-corrected chi connectivity index (χ2v) is 13.1. The van der Waals surface area contributed by atoms with Crippen molar-refractivity contribution in [1.82, 2.24) is 9.55 Å². The third kappa shape index (κ3) is 5.91. The van der Waals surface area contributed by atoms with Crippen molar-refractivity contribution in [3.05, 3.63) is 53.6 Å². The van der Waals surface area contributed by atoms with Crippen LogP contribution in [0.15, 0.2) is 36.7 Å². The third-order valence-corrected chi connectivity index (χ3v) is 5.69. The van der Waals surface area contributed by atoms with E-state index in [2.05, 4.69) is 24.6 Å². The van der Waals surface area contributed by atoms with Crippen LogP contribution in [0.3, 0.4) is 0 Å². The summed E-state index contributed by atoms with van der Waals surface area (Å²) in [4.78, 5) is 16.5. The van der Waals surface area contributed by atoms with Crippen LogP contribution >= 0.6 is 0 Å². The van der Waals surface area contributed by atoms with Gasteiger partial charge in [0.1, 0.15) is 18.7 Å². The molecule has 26 heavy (non-hydrogen) atoms. The first kappa shape index (κ1) is 20.0. The van der Waals surface area contributed by atoms with Crippen molar-refractivity contribution >= 4 is 13.9 Å². The number of ketones is 1. The van der Waals surface area contributed by atoms with Gasteiger partial charge in [0.25, 0.3) is 0 Å². The second-order valence-electron chi connectivity index (χ2n) is 7.44. The number of Topliss-reactive ketones (excluding diaryl/α,β-unsaturated/α-hetero) is 1. The molecule has 2 aromatic rings. The van der Waals surface area contributed by atoms with Crippen molar-refractivity contribution in [1.29, 1.82) is 5.26 Å². The van der Waals surface area contributed by atoms with E-state index in [1.807, 2.05) is 6.07 Å². The van der Waals surface area contributed by atoms with Gasteiger partial charge in [0.15, 0.2) is 5.78 Å². The monoisotopic (exact) mass is 371 g/mol. The smallest absolute Gasteiger partial charge is 0.165 e. The summed E-state index contributed by atoms with van der Waals surface area (Å²) in [7, 11) is -1.14. The Morgan fingerprint density at radius 1 is 1.35 bits per heavy atom. The lowest BCUT2D eigenvalue weighted by molar-refractivity contribution is 0.0694. The van der Waals surface area contributed by atoms with Crippen LogP contribution in [0.2, 0.25) is 25.7 Å². The summed E-state index contributed by atoms with van der Waals surface area (Å²) in [6.07, 6.45) is 2.25. The fourth-order valence-corrected chi connectivity index (χ4v) is 3.14. The van der Waals surface area contributed by atoms with E-state index in [9.17, 15) is 9.90 Å². The molecule has 1 N–H and O–H groups in total. The summed E-state index contributed by atoms with van der Waals surface area (Å²) in [6, 6.07) is 9.45. The van der Waals surface area contributed by atoms with Crippen molar-refractivity contribution in [2.75, 3.05) is 6.61 Å². The number of imidazole rings is 1. The lowest BCUT2D eigenvalue weighted by atomic mass is 10.0. The molecular weight excluding hydrogens is 346 g/mol. The van der Waals surface area contributed by atoms with Gasteiger partial charge < -0.3 is 14.4 Å². The molecule has 1 atom stereocenters. The highest BCUT2D eigenvalue weighted by atomic mass is 28.3. The molecule has 6 nitrogen and oxygen atoms in total. The van der Waals surface area contributed by atoms with Crippen molar-refractivity contribution < 1.29 is 14.6 Å². The highest BCUT2D eigenvalue weighted by Crippen LogP contribution is 2.18. The van der Waals surface area contributed by atoms with E-state index in [0.29, 0.717) is 30.3 Å². The fourth-order valence-electron chi connectivity index (χ4n) is 2.38. The number of carbonyl (C=O) groups is 1. The van der Waals surface area contributed by atoms with Crippen LogP contribution in [0.1, 0.15) is 34.3 Å². The van der Waals surface area contributed by atoms with Crippen LogP contribution in [0.25, 0.3) is 0 Å². The van der Waals surface area contributed by atoms with Crippen LogP contribution in [-0.4, -0.2) is 35.1 Å². The Bertz CT molecular complexity index is 773. The maximum atomic E-state index is 12.3. The molecule has 138 valence electrons. The van der Waals surface area contributed by atoms with Crippen molar-refractivity contribution in [2.24, 2.45) is 0 Å². The maximum Gasteiger partial charge on any atom is 0.165 e. The summed E-state index contributed by atoms with van der Waals surface area (Å²) >= 11 is 0. The average Bonchev–Trinajstić information content (AvgIpc) is 3.06. The molecule has 0 aliphatic carbocycles. The average molecular weight is 372 g/mol. The Kier molecular flexibility index (Phi) is 6.86. The summed E-state index contributed by atoms with van der Waals surface area (Å²) in [6.45, 7) is 7.85. The molecule has 0 spiro atoms. The van der Waals surface area contributed by atoms with Crippen molar-refractivity contribution in [3.8, 4) is 6.07 Å². The standard InChI is InChI=1S/C19H25N3O3Si/c1-26(2,3)11-10-25-14-22-9-8-21-19(22)18(24)12-17(23)16-6-4-15(13-20)5-7-16/h4-9,18,24H,10-12,14H2,1-3H3. The predicted octanol–water partition coefficient (Wildman–Crippen LogP) is 3.37. The van der Waals surface area contributed by atoms with Crippen LogP contribution in [0.4, 0.5) is 0 Å². The number of aliphatic hydroxyl groups is 1. The highest BCUT2D eigenvalue weighted by Gasteiger charge is 2.19. The van der Waals surface area contributed by atoms with Gasteiger partial charge in [0.05, 0.1) is 11.6 Å². The van der Waals surface area contributed by atoms with Gasteiger partial charge in [-0.1, -0.05) is 31.8 Å². The Hall–Kier alpha value is -2.27. The number of ether oxygens (including phenoxy) is 1. The normalized spacial score (nSPS) is 12.6. The summed E-state index contributed by atoms with van der Waals surface area (Å²) in [5, 5.41) is 19.2. The number of nitriles is 1. The van der Waals surface area contributed by atoms with Crippen molar-refractivity contribution in [2.45, 2.75) is 44.9 Å². The van der Waals surface area contributed by atoms with E-state index in [1.54, 1.807) is 41.2 Å². The highest BCUT2D eigenvalue weighted by molar-refractivity contribution is 6.76. The molecule has 1 aromatic carbocycles. The van der Waals surface area contributed by atoms with Crippen LogP contribution in [0, 0.1) is 11.3 Å². The minimum atomic E-state index is -1.14. The molecule has 0 bridgehead atoms. The number of carbonyl (C=O) groups excluding carboxylic acids is 1. The van der Waals surface area contributed by atoms with E-state index in [1.165, 1.54) is 0 Å². The van der Waals surface area contributed by atoms with Gasteiger partial charge in [-0.2, -0.15) is 5.26 Å². The van der Waals surface area contributed by atoms with Crippen molar-refractivity contribution in [3.63, 3.8) is 0 Å². The molecule has 2 rings (SSSR count). The molecule has 0 aliphatic rings. The first-order valence-electron chi connectivity index (χ1n) is 8.60. The number of rotatable bonds is 9. The zero-order valence-corrected chi connectivity index (χ0v) is 16.5. The van der Waals surface area contributed by atoms with Gasteiger partial charge in [-0.25, -0.2) is 4.98 Å². The third-order valence-electron chi connectivity index (χ3n) is 3.99. The van der Waals surface area contributed by atoms with E-state index in [4.69, 9.17) is 10.00 Å². The molecule has 0 aliphatic heterocycles. The largest absolute Gasteiger partial charge is 0.385 e. The van der Waals surface area contributed by atoms with Gasteiger partial charge in [0.2, 0.25) is 0 Å². The van der Waals surface area contributed by atoms with Gasteiger partial charge in [-0.3, -0.25) is 4.79 Å². The Balaban J connectivity index is 1.93. The quantitative estimate of drug-likeness (QED) is 0.415. The molecular formula is C19H25N3O3Si. The number of nitrogens with zero attached hydrogens (tertiary/aromatic N) is 3. The maximum absolute atomic E-state index is 12.3. The number of hydrogen-bond acceptors (Lipinski definition) is 5. The number of hydrogen-bond donors (Lipinski definition) is 1. The molecule has 0 saturated carbocycles. The van der Waals surface area contributed by atoms with E-state index in [-0.39, 0.29) is 12.2 Å². The molecule has 1 heterocycles. The number of benzene rings is 1. The first-order valence-corrected chi connectivity index (χ1v) is 12.3. The van der Waals surface area contributed by atoms with Gasteiger partial charge in [0, 0.05) is 39.1 Å². The molecule has 1 unspecified atom stereocenters. The Morgan fingerprint density at radius 3 is 2.65 bits per heavy atom. The Morgan fingerprint density at radius 2 is 2.04 bits per heavy atom. The van der Waals surface area contributed by atoms with Crippen LogP contribution in [0.5, 0.6) is 0 Å². The lowest BCUT2D eigenvalue weighted by Gasteiger charge is -2.17. The minimum Gasteiger partial charge on any atom is -0.385 e.